The van der Waals surface area contributed by atoms with E-state index in [1.165, 1.54) is 5.56 Å². The molecule has 4 rings (SSSR count). The maximum Gasteiger partial charge on any atom is 0.186 e. The number of morpholine rings is 1. The van der Waals surface area contributed by atoms with E-state index in [4.69, 9.17) is 15.3 Å². The van der Waals surface area contributed by atoms with Crippen molar-refractivity contribution >= 4 is 32.4 Å². The normalized spacial score (nSPS) is 14.8. The summed E-state index contributed by atoms with van der Waals surface area (Å²) < 4.78 is 6.56. The maximum atomic E-state index is 5.64. The van der Waals surface area contributed by atoms with Crippen LogP contribution in [0.15, 0.2) is 47.6 Å². The molecule has 5 nitrogen and oxygen atoms in total. The molecule has 1 saturated heterocycles. The summed E-state index contributed by atoms with van der Waals surface area (Å²) >= 11 is 1.70. The van der Waals surface area contributed by atoms with Crippen LogP contribution in [0.1, 0.15) is 11.1 Å². The van der Waals surface area contributed by atoms with Gasteiger partial charge in [0.2, 0.25) is 0 Å². The van der Waals surface area contributed by atoms with Crippen LogP contribution < -0.4 is 10.4 Å². The van der Waals surface area contributed by atoms with Gasteiger partial charge >= 0.3 is 0 Å². The molecule has 1 aliphatic rings. The average molecular weight is 353 g/mol. The summed E-state index contributed by atoms with van der Waals surface area (Å²) in [5.74, 6) is 0. The molecule has 25 heavy (non-hydrogen) atoms. The topological polar surface area (TPSA) is 63.3 Å². The first-order valence-electron chi connectivity index (χ1n) is 8.54. The fraction of sp³-hybridized carbons (Fsp3) is 0.316. The summed E-state index contributed by atoms with van der Waals surface area (Å²) in [7, 11) is 0. The third-order valence-electron chi connectivity index (χ3n) is 4.52. The standard InChI is InChI=1S/C19H20N4OS/c20-22-16-13-18-17(21-19(25-18)23-8-10-24-11-9-23)12-15(16)7-6-14-4-2-1-3-5-14/h1-5,12-13,20H,6-11H2/p+1. The molecule has 0 bridgehead atoms. The second-order valence-corrected chi connectivity index (χ2v) is 7.17. The Morgan fingerprint density at radius 2 is 1.92 bits per heavy atom. The largest absolute Gasteiger partial charge is 0.378 e. The number of anilines is 1. The summed E-state index contributed by atoms with van der Waals surface area (Å²) in [6.45, 7) is 3.33. The summed E-state index contributed by atoms with van der Waals surface area (Å²) in [5.41, 5.74) is 10.0. The molecule has 0 saturated carbocycles. The quantitative estimate of drug-likeness (QED) is 0.718. The van der Waals surface area contributed by atoms with E-state index in [9.17, 15) is 0 Å². The molecule has 0 atom stereocenters. The number of fused-ring (bicyclic) bond motifs is 1. The van der Waals surface area contributed by atoms with Gasteiger partial charge in [-0.05, 0) is 41.2 Å². The highest BCUT2D eigenvalue weighted by molar-refractivity contribution is 7.22. The third kappa shape index (κ3) is 3.55. The first-order chi connectivity index (χ1) is 12.3. The molecule has 1 fully saturated rings. The van der Waals surface area contributed by atoms with Crippen LogP contribution in [0.5, 0.6) is 0 Å². The van der Waals surface area contributed by atoms with Crippen molar-refractivity contribution in [3.05, 3.63) is 53.6 Å². The molecule has 128 valence electrons. The first-order valence-corrected chi connectivity index (χ1v) is 9.36. The van der Waals surface area contributed by atoms with Crippen molar-refractivity contribution in [2.75, 3.05) is 31.2 Å². The Hall–Kier alpha value is -2.31. The predicted octanol–water partition coefficient (Wildman–Crippen LogP) is 2.76. The predicted molar refractivity (Wildman–Crippen MR) is 101 cm³/mol. The zero-order chi connectivity index (χ0) is 17.1. The number of hydrogen-bond donors (Lipinski definition) is 1. The number of benzene rings is 2. The third-order valence-corrected chi connectivity index (χ3v) is 5.60. The monoisotopic (exact) mass is 353 g/mol. The summed E-state index contributed by atoms with van der Waals surface area (Å²) in [6.07, 6.45) is 1.87. The van der Waals surface area contributed by atoms with Gasteiger partial charge in [0.15, 0.2) is 5.13 Å². The van der Waals surface area contributed by atoms with Gasteiger partial charge in [-0.1, -0.05) is 41.7 Å². The molecule has 3 aromatic rings. The van der Waals surface area contributed by atoms with Crippen LogP contribution in [0.2, 0.25) is 0 Å². The Morgan fingerprint density at radius 3 is 2.68 bits per heavy atom. The molecule has 6 heteroatoms. The molecule has 1 aliphatic heterocycles. The second-order valence-electron chi connectivity index (χ2n) is 6.16. The van der Waals surface area contributed by atoms with E-state index >= 15 is 0 Å². The molecule has 1 aromatic heterocycles. The van der Waals surface area contributed by atoms with E-state index in [-0.39, 0.29) is 0 Å². The van der Waals surface area contributed by atoms with Crippen molar-refractivity contribution in [1.29, 1.82) is 0 Å². The highest BCUT2D eigenvalue weighted by Crippen LogP contribution is 2.34. The van der Waals surface area contributed by atoms with Gasteiger partial charge in [0, 0.05) is 13.1 Å². The Balaban J connectivity index is 1.61. The lowest BCUT2D eigenvalue weighted by Gasteiger charge is -2.25. The molecule has 0 spiro atoms. The number of aryl methyl sites for hydroxylation is 2. The fourth-order valence-electron chi connectivity index (χ4n) is 3.13. The summed E-state index contributed by atoms with van der Waals surface area (Å²) in [5, 5.41) is 5.06. The summed E-state index contributed by atoms with van der Waals surface area (Å²) in [4.78, 5) is 7.12. The number of hydrogen-bond acceptors (Lipinski definition) is 5. The van der Waals surface area contributed by atoms with Crippen molar-refractivity contribution in [1.82, 2.24) is 4.98 Å². The lowest BCUT2D eigenvalue weighted by molar-refractivity contribution is -0.210. The van der Waals surface area contributed by atoms with Crippen LogP contribution in [-0.2, 0) is 17.6 Å². The first kappa shape index (κ1) is 16.2. The van der Waals surface area contributed by atoms with Gasteiger partial charge in [-0.2, -0.15) is 5.53 Å². The SMILES string of the molecule is [NH2+]=Nc1cc2sc(N3CCOCC3)nc2cc1CCc1ccccc1. The maximum absolute atomic E-state index is 5.64. The number of nitrogens with two attached hydrogens (primary N) is 1. The van der Waals surface area contributed by atoms with Gasteiger partial charge in [-0.3, -0.25) is 0 Å². The van der Waals surface area contributed by atoms with Crippen LogP contribution in [-0.4, -0.2) is 31.3 Å². The Morgan fingerprint density at radius 1 is 1.12 bits per heavy atom. The Labute approximate surface area is 150 Å². The highest BCUT2D eigenvalue weighted by atomic mass is 32.1. The number of ether oxygens (including phenoxy) is 1. The van der Waals surface area contributed by atoms with E-state index in [0.717, 1.165) is 65.7 Å². The van der Waals surface area contributed by atoms with Crippen LogP contribution >= 0.6 is 11.3 Å². The van der Waals surface area contributed by atoms with Crippen molar-refractivity contribution in [3.8, 4) is 0 Å². The molecule has 2 N–H and O–H groups in total. The summed E-state index contributed by atoms with van der Waals surface area (Å²) in [6, 6.07) is 14.7. The highest BCUT2D eigenvalue weighted by Gasteiger charge is 2.17. The zero-order valence-electron chi connectivity index (χ0n) is 14.0. The zero-order valence-corrected chi connectivity index (χ0v) is 14.8. The molecule has 0 amide bonds. The van der Waals surface area contributed by atoms with Crippen LogP contribution in [0.4, 0.5) is 10.8 Å². The Kier molecular flexibility index (Phi) is 4.72. The van der Waals surface area contributed by atoms with Gasteiger partial charge in [0.1, 0.15) is 5.69 Å². The van der Waals surface area contributed by atoms with E-state index in [2.05, 4.69) is 46.4 Å². The second kappa shape index (κ2) is 7.29. The molecule has 0 radical (unpaired) electrons. The molecule has 0 aliphatic carbocycles. The van der Waals surface area contributed by atoms with Gasteiger partial charge in [-0.15, -0.1) is 0 Å². The van der Waals surface area contributed by atoms with E-state index in [0.29, 0.717) is 0 Å². The molecule has 0 unspecified atom stereocenters. The average Bonchev–Trinajstić information content (AvgIpc) is 3.10. The fourth-order valence-corrected chi connectivity index (χ4v) is 4.16. The molecule has 2 heterocycles. The van der Waals surface area contributed by atoms with Crippen LogP contribution in [0.3, 0.4) is 0 Å². The molecular weight excluding hydrogens is 332 g/mol. The minimum Gasteiger partial charge on any atom is -0.378 e. The smallest absolute Gasteiger partial charge is 0.186 e. The molecular formula is C19H21N4OS+. The minimum absolute atomic E-state index is 0.766. The van der Waals surface area contributed by atoms with E-state index in [1.807, 2.05) is 6.07 Å². The van der Waals surface area contributed by atoms with Gasteiger partial charge in [0.25, 0.3) is 0 Å². The number of rotatable bonds is 5. The van der Waals surface area contributed by atoms with Crippen molar-refractivity contribution in [3.63, 3.8) is 0 Å². The van der Waals surface area contributed by atoms with Crippen molar-refractivity contribution < 1.29 is 10.3 Å². The van der Waals surface area contributed by atoms with Gasteiger partial charge in [-0.25, -0.2) is 4.98 Å². The van der Waals surface area contributed by atoms with E-state index in [1.54, 1.807) is 11.3 Å². The van der Waals surface area contributed by atoms with E-state index < -0.39 is 0 Å². The minimum atomic E-state index is 0.766. The van der Waals surface area contributed by atoms with Gasteiger partial charge in [0.05, 0.1) is 23.4 Å². The van der Waals surface area contributed by atoms with Crippen LogP contribution in [0.25, 0.3) is 10.2 Å². The lowest BCUT2D eigenvalue weighted by Crippen LogP contribution is -2.36. The molecule has 2 aromatic carbocycles. The van der Waals surface area contributed by atoms with Crippen LogP contribution in [0, 0.1) is 0 Å². The number of aromatic nitrogens is 1. The Bertz CT molecular complexity index is 872. The number of nitrogens with zero attached hydrogens (tertiary/aromatic N) is 3. The van der Waals surface area contributed by atoms with Crippen molar-refractivity contribution in [2.24, 2.45) is 5.11 Å². The van der Waals surface area contributed by atoms with Crippen molar-refractivity contribution in [2.45, 2.75) is 12.8 Å². The number of thiazole rings is 1. The lowest BCUT2D eigenvalue weighted by atomic mass is 10.0. The van der Waals surface area contributed by atoms with Gasteiger partial charge < -0.3 is 9.64 Å².